The van der Waals surface area contributed by atoms with E-state index >= 15 is 0 Å². The van der Waals surface area contributed by atoms with Crippen LogP contribution in [0.25, 0.3) is 0 Å². The van der Waals surface area contributed by atoms with Crippen molar-refractivity contribution in [3.05, 3.63) is 45.1 Å². The molecule has 0 bridgehead atoms. The third-order valence-electron chi connectivity index (χ3n) is 4.32. The van der Waals surface area contributed by atoms with Crippen LogP contribution in [-0.2, 0) is 13.0 Å². The van der Waals surface area contributed by atoms with Gasteiger partial charge in [0.05, 0.1) is 0 Å². The van der Waals surface area contributed by atoms with Crippen LogP contribution in [0.2, 0.25) is 0 Å². The summed E-state index contributed by atoms with van der Waals surface area (Å²) in [5.41, 5.74) is 3.70. The molecule has 1 aliphatic carbocycles. The predicted molar refractivity (Wildman–Crippen MR) is 74.9 cm³/mol. The summed E-state index contributed by atoms with van der Waals surface area (Å²) >= 11 is 1.80. The Bertz CT molecular complexity index is 650. The van der Waals surface area contributed by atoms with Crippen LogP contribution in [0.5, 0.6) is 11.5 Å². The molecule has 2 aliphatic rings. The van der Waals surface area contributed by atoms with Crippen molar-refractivity contribution in [3.63, 3.8) is 0 Å². The van der Waals surface area contributed by atoms with E-state index in [1.165, 1.54) is 21.6 Å². The van der Waals surface area contributed by atoms with Crippen LogP contribution in [0.4, 0.5) is 0 Å². The van der Waals surface area contributed by atoms with E-state index in [1.54, 1.807) is 23.5 Å². The van der Waals surface area contributed by atoms with Crippen LogP contribution >= 0.6 is 11.3 Å². The SMILES string of the molecule is Oc1cc2c(cc1O)[C@H]1c3sccc3CN[C@H]1CC2. The second kappa shape index (κ2) is 3.99. The van der Waals surface area contributed by atoms with Crippen LogP contribution in [0.3, 0.4) is 0 Å². The number of nitrogens with one attached hydrogen (secondary N) is 1. The third kappa shape index (κ3) is 1.60. The van der Waals surface area contributed by atoms with E-state index in [9.17, 15) is 10.2 Å². The Kier molecular flexibility index (Phi) is 2.37. The van der Waals surface area contributed by atoms with E-state index in [1.807, 2.05) is 0 Å². The van der Waals surface area contributed by atoms with Gasteiger partial charge in [-0.3, -0.25) is 0 Å². The molecule has 0 saturated carbocycles. The van der Waals surface area contributed by atoms with Gasteiger partial charge in [0.25, 0.3) is 0 Å². The molecule has 0 amide bonds. The summed E-state index contributed by atoms with van der Waals surface area (Å²) in [5, 5.41) is 25.2. The fourth-order valence-electron chi connectivity index (χ4n) is 3.39. The predicted octanol–water partition coefficient (Wildman–Crippen LogP) is 2.71. The molecule has 19 heavy (non-hydrogen) atoms. The van der Waals surface area contributed by atoms with Crippen molar-refractivity contribution >= 4 is 11.3 Å². The number of phenolic OH excluding ortho intramolecular Hbond substituents is 2. The average molecular weight is 273 g/mol. The number of hydrogen-bond acceptors (Lipinski definition) is 4. The topological polar surface area (TPSA) is 52.5 Å². The Morgan fingerprint density at radius 3 is 2.89 bits per heavy atom. The molecule has 3 nitrogen and oxygen atoms in total. The van der Waals surface area contributed by atoms with Crippen LogP contribution in [-0.4, -0.2) is 16.3 Å². The van der Waals surface area contributed by atoms with E-state index in [4.69, 9.17) is 0 Å². The maximum atomic E-state index is 9.80. The fraction of sp³-hybridized carbons (Fsp3) is 0.333. The molecule has 0 unspecified atom stereocenters. The van der Waals surface area contributed by atoms with Gasteiger partial charge in [0.15, 0.2) is 11.5 Å². The van der Waals surface area contributed by atoms with Crippen molar-refractivity contribution < 1.29 is 10.2 Å². The summed E-state index contributed by atoms with van der Waals surface area (Å²) in [6.07, 6.45) is 2.04. The lowest BCUT2D eigenvalue weighted by molar-refractivity contribution is 0.383. The minimum absolute atomic E-state index is 0.00706. The first-order valence-corrected chi connectivity index (χ1v) is 7.46. The summed E-state index contributed by atoms with van der Waals surface area (Å²) in [5.74, 6) is 0.300. The first-order valence-electron chi connectivity index (χ1n) is 6.58. The number of fused-ring (bicyclic) bond motifs is 5. The molecule has 1 aromatic heterocycles. The molecule has 0 saturated heterocycles. The highest BCUT2D eigenvalue weighted by Gasteiger charge is 2.36. The first-order chi connectivity index (χ1) is 9.24. The van der Waals surface area contributed by atoms with E-state index in [2.05, 4.69) is 16.8 Å². The Hall–Kier alpha value is -1.52. The van der Waals surface area contributed by atoms with E-state index in [-0.39, 0.29) is 11.5 Å². The number of thiophene rings is 1. The van der Waals surface area contributed by atoms with Crippen molar-refractivity contribution in [2.45, 2.75) is 31.3 Å². The summed E-state index contributed by atoms with van der Waals surface area (Å²) in [7, 11) is 0. The molecule has 2 heterocycles. The van der Waals surface area contributed by atoms with Crippen LogP contribution in [0.1, 0.15) is 33.9 Å². The lowest BCUT2D eigenvalue weighted by atomic mass is 9.75. The highest BCUT2D eigenvalue weighted by Crippen LogP contribution is 2.45. The quantitative estimate of drug-likeness (QED) is 0.647. The van der Waals surface area contributed by atoms with E-state index in [0.29, 0.717) is 12.0 Å². The smallest absolute Gasteiger partial charge is 0.157 e. The van der Waals surface area contributed by atoms with E-state index < -0.39 is 0 Å². The standard InChI is InChI=1S/C15H15NO2S/c17-12-5-8-1-2-11-14(10(8)6-13(12)18)15-9(7-16-11)3-4-19-15/h3-6,11,14,16-18H,1-2,7H2/t11-,14+/m0/s1. The molecule has 4 heteroatoms. The largest absolute Gasteiger partial charge is 0.504 e. The van der Waals surface area contributed by atoms with Gasteiger partial charge in [-0.25, -0.2) is 0 Å². The molecule has 98 valence electrons. The van der Waals surface area contributed by atoms with Crippen molar-refractivity contribution in [1.82, 2.24) is 5.32 Å². The van der Waals surface area contributed by atoms with Gasteiger partial charge in [0, 0.05) is 23.4 Å². The van der Waals surface area contributed by atoms with Crippen molar-refractivity contribution in [1.29, 1.82) is 0 Å². The van der Waals surface area contributed by atoms with Gasteiger partial charge in [-0.2, -0.15) is 0 Å². The highest BCUT2D eigenvalue weighted by atomic mass is 32.1. The van der Waals surface area contributed by atoms with Gasteiger partial charge in [-0.15, -0.1) is 11.3 Å². The summed E-state index contributed by atoms with van der Waals surface area (Å²) in [4.78, 5) is 1.41. The average Bonchev–Trinajstić information content (AvgIpc) is 2.88. The molecule has 4 rings (SSSR count). The Balaban J connectivity index is 1.91. The number of phenols is 2. The van der Waals surface area contributed by atoms with Gasteiger partial charge >= 0.3 is 0 Å². The summed E-state index contributed by atoms with van der Waals surface area (Å²) < 4.78 is 0. The van der Waals surface area contributed by atoms with Gasteiger partial charge in [-0.05, 0) is 53.1 Å². The minimum Gasteiger partial charge on any atom is -0.504 e. The number of hydrogen-bond donors (Lipinski definition) is 3. The van der Waals surface area contributed by atoms with Crippen molar-refractivity contribution in [2.24, 2.45) is 0 Å². The van der Waals surface area contributed by atoms with Gasteiger partial charge in [-0.1, -0.05) is 0 Å². The fourth-order valence-corrected chi connectivity index (χ4v) is 4.50. The second-order valence-electron chi connectivity index (χ2n) is 5.35. The maximum Gasteiger partial charge on any atom is 0.157 e. The molecule has 1 aliphatic heterocycles. The van der Waals surface area contributed by atoms with Crippen LogP contribution in [0.15, 0.2) is 23.6 Å². The Morgan fingerprint density at radius 2 is 2.00 bits per heavy atom. The lowest BCUT2D eigenvalue weighted by Crippen LogP contribution is -2.41. The zero-order chi connectivity index (χ0) is 13.0. The maximum absolute atomic E-state index is 9.80. The number of aromatic hydroxyl groups is 2. The van der Waals surface area contributed by atoms with Gasteiger partial charge in [0.1, 0.15) is 0 Å². The molecular weight excluding hydrogens is 258 g/mol. The highest BCUT2D eigenvalue weighted by molar-refractivity contribution is 7.10. The molecule has 0 fully saturated rings. The van der Waals surface area contributed by atoms with Crippen molar-refractivity contribution in [3.8, 4) is 11.5 Å². The third-order valence-corrected chi connectivity index (χ3v) is 5.36. The van der Waals surface area contributed by atoms with Gasteiger partial charge < -0.3 is 15.5 Å². The van der Waals surface area contributed by atoms with Gasteiger partial charge in [0.2, 0.25) is 0 Å². The molecule has 0 radical (unpaired) electrons. The Labute approximate surface area is 115 Å². The second-order valence-corrected chi connectivity index (χ2v) is 6.30. The molecule has 0 spiro atoms. The molecule has 3 N–H and O–H groups in total. The normalized spacial score (nSPS) is 24.4. The lowest BCUT2D eigenvalue weighted by Gasteiger charge is -2.38. The zero-order valence-electron chi connectivity index (χ0n) is 10.4. The molecule has 2 atom stereocenters. The molecule has 2 aromatic rings. The number of aryl methyl sites for hydroxylation is 1. The zero-order valence-corrected chi connectivity index (χ0v) is 11.2. The monoisotopic (exact) mass is 273 g/mol. The molecule has 1 aromatic carbocycles. The summed E-state index contributed by atoms with van der Waals surface area (Å²) in [6.45, 7) is 0.944. The number of benzene rings is 1. The van der Waals surface area contributed by atoms with E-state index in [0.717, 1.165) is 19.4 Å². The van der Waals surface area contributed by atoms with Crippen molar-refractivity contribution in [2.75, 3.05) is 0 Å². The Morgan fingerprint density at radius 1 is 1.16 bits per heavy atom. The number of rotatable bonds is 0. The first kappa shape index (κ1) is 11.3. The van der Waals surface area contributed by atoms with Crippen LogP contribution < -0.4 is 5.32 Å². The molecular formula is C15H15NO2S. The summed E-state index contributed by atoms with van der Waals surface area (Å²) in [6, 6.07) is 6.10. The van der Waals surface area contributed by atoms with Crippen LogP contribution in [0, 0.1) is 0 Å². The minimum atomic E-state index is -0.0110.